The van der Waals surface area contributed by atoms with E-state index in [1.165, 1.54) is 0 Å². The SMILES string of the molecule is CCN(CCN(CCN(C)CC(=O)O)CC(=O)NCc1ccc(CCOCC(=O)[C@H](N)Cc2ccc3ccccc3c2)cc1)CC(=O)O. The fourth-order valence-electron chi connectivity index (χ4n) is 5.20. The molecule has 0 fully saturated rings. The van der Waals surface area contributed by atoms with Gasteiger partial charge in [0.2, 0.25) is 5.91 Å². The summed E-state index contributed by atoms with van der Waals surface area (Å²) in [6.07, 6.45) is 1.08. The number of hydrogen-bond acceptors (Lipinski definition) is 9. The maximum Gasteiger partial charge on any atom is 0.317 e. The quantitative estimate of drug-likeness (QED) is 0.110. The molecule has 0 spiro atoms. The van der Waals surface area contributed by atoms with E-state index in [0.29, 0.717) is 58.7 Å². The van der Waals surface area contributed by atoms with Crippen LogP contribution in [0, 0.1) is 0 Å². The van der Waals surface area contributed by atoms with Gasteiger partial charge in [0.25, 0.3) is 0 Å². The number of hydrogen-bond donors (Lipinski definition) is 4. The Morgan fingerprint density at radius 2 is 1.42 bits per heavy atom. The van der Waals surface area contributed by atoms with Crippen molar-refractivity contribution < 1.29 is 34.1 Å². The summed E-state index contributed by atoms with van der Waals surface area (Å²) < 4.78 is 5.63. The Morgan fingerprint density at radius 1 is 0.792 bits per heavy atom. The van der Waals surface area contributed by atoms with Crippen molar-refractivity contribution in [3.8, 4) is 0 Å². The highest BCUT2D eigenvalue weighted by molar-refractivity contribution is 5.86. The van der Waals surface area contributed by atoms with E-state index >= 15 is 0 Å². The second kappa shape index (κ2) is 20.2. The second-order valence-corrected chi connectivity index (χ2v) is 12.0. The number of carboxylic acids is 2. The number of nitrogens with one attached hydrogen (secondary N) is 1. The van der Waals surface area contributed by atoms with Gasteiger partial charge in [0.05, 0.1) is 32.3 Å². The van der Waals surface area contributed by atoms with E-state index in [9.17, 15) is 19.2 Å². The van der Waals surface area contributed by atoms with Crippen molar-refractivity contribution in [1.82, 2.24) is 20.0 Å². The molecular weight excluding hydrogens is 614 g/mol. The van der Waals surface area contributed by atoms with Crippen molar-refractivity contribution in [3.05, 3.63) is 83.4 Å². The van der Waals surface area contributed by atoms with Crippen LogP contribution in [0.25, 0.3) is 10.8 Å². The fourth-order valence-corrected chi connectivity index (χ4v) is 5.20. The molecule has 0 unspecified atom stereocenters. The number of benzene rings is 3. The standard InChI is InChI=1S/C36H49N5O7/c1-3-40(25-36(46)47)17-18-41(16-15-39(2)24-35(44)45)23-34(43)38-22-28-10-8-27(9-11-28)14-19-48-26-33(42)32(37)21-29-12-13-30-6-4-5-7-31(30)20-29/h4-13,20,32H,3,14-19,21-26,37H2,1-2H3,(H,38,43)(H,44,45)(H,46,47)/t32-/m1/s1. The first-order valence-electron chi connectivity index (χ1n) is 16.3. The van der Waals surface area contributed by atoms with Crippen LogP contribution in [0.3, 0.4) is 0 Å². The molecule has 3 aromatic carbocycles. The topological polar surface area (TPSA) is 166 Å². The Kier molecular flexibility index (Phi) is 16.1. The number of carbonyl (C=O) groups excluding carboxylic acids is 2. The molecule has 12 nitrogen and oxygen atoms in total. The molecule has 48 heavy (non-hydrogen) atoms. The number of rotatable bonds is 23. The second-order valence-electron chi connectivity index (χ2n) is 12.0. The maximum absolute atomic E-state index is 12.8. The van der Waals surface area contributed by atoms with E-state index in [0.717, 1.165) is 27.5 Å². The number of nitrogens with zero attached hydrogens (tertiary/aromatic N) is 3. The van der Waals surface area contributed by atoms with Crippen molar-refractivity contribution in [2.45, 2.75) is 32.4 Å². The van der Waals surface area contributed by atoms with Gasteiger partial charge in [0.15, 0.2) is 5.78 Å². The minimum atomic E-state index is -0.928. The lowest BCUT2D eigenvalue weighted by Gasteiger charge is -2.27. The van der Waals surface area contributed by atoms with Crippen LogP contribution in [0.1, 0.15) is 23.6 Å². The van der Waals surface area contributed by atoms with Gasteiger partial charge < -0.3 is 26.0 Å². The number of likely N-dealkylation sites (N-methyl/N-ethyl adjacent to an activating group) is 2. The van der Waals surface area contributed by atoms with Crippen molar-refractivity contribution in [2.75, 3.05) is 72.6 Å². The average molecular weight is 664 g/mol. The zero-order valence-electron chi connectivity index (χ0n) is 28.0. The Balaban J connectivity index is 1.39. The predicted molar refractivity (Wildman–Crippen MR) is 185 cm³/mol. The van der Waals surface area contributed by atoms with Crippen LogP contribution in [-0.2, 0) is 43.3 Å². The van der Waals surface area contributed by atoms with E-state index in [1.807, 2.05) is 72.5 Å². The molecule has 3 rings (SSSR count). The van der Waals surface area contributed by atoms with Gasteiger partial charge in [0, 0.05) is 32.7 Å². The number of carbonyl (C=O) groups is 4. The largest absolute Gasteiger partial charge is 0.480 e. The van der Waals surface area contributed by atoms with E-state index in [4.69, 9.17) is 20.7 Å². The number of amides is 1. The lowest BCUT2D eigenvalue weighted by atomic mass is 10.0. The Hall–Kier alpha value is -4.20. The molecule has 0 saturated carbocycles. The molecule has 1 atom stereocenters. The van der Waals surface area contributed by atoms with E-state index < -0.39 is 18.0 Å². The van der Waals surface area contributed by atoms with Crippen LogP contribution in [0.5, 0.6) is 0 Å². The fraction of sp³-hybridized carbons (Fsp3) is 0.444. The molecule has 0 bridgehead atoms. The van der Waals surface area contributed by atoms with Gasteiger partial charge in [-0.25, -0.2) is 0 Å². The number of fused-ring (bicyclic) bond motifs is 1. The summed E-state index contributed by atoms with van der Waals surface area (Å²) in [6.45, 7) is 4.87. The molecular formula is C36H49N5O7. The van der Waals surface area contributed by atoms with Gasteiger partial charge in [-0.2, -0.15) is 0 Å². The summed E-state index contributed by atoms with van der Waals surface area (Å²) in [5, 5.41) is 23.4. The third-order valence-corrected chi connectivity index (χ3v) is 8.08. The number of ketones is 1. The molecule has 0 radical (unpaired) electrons. The van der Waals surface area contributed by atoms with E-state index in [1.54, 1.807) is 16.8 Å². The number of nitrogens with two attached hydrogens (primary N) is 1. The molecule has 5 N–H and O–H groups in total. The minimum absolute atomic E-state index is 0.0399. The summed E-state index contributed by atoms with van der Waals surface area (Å²) in [5.74, 6) is -2.16. The summed E-state index contributed by atoms with van der Waals surface area (Å²) >= 11 is 0. The molecule has 0 aliphatic heterocycles. The van der Waals surface area contributed by atoms with Gasteiger partial charge in [-0.05, 0) is 53.9 Å². The van der Waals surface area contributed by atoms with Crippen LogP contribution in [-0.4, -0.2) is 127 Å². The van der Waals surface area contributed by atoms with E-state index in [2.05, 4.69) is 11.4 Å². The monoisotopic (exact) mass is 663 g/mol. The summed E-state index contributed by atoms with van der Waals surface area (Å²) in [5.41, 5.74) is 9.14. The van der Waals surface area contributed by atoms with Crippen LogP contribution < -0.4 is 11.1 Å². The summed E-state index contributed by atoms with van der Waals surface area (Å²) in [6, 6.07) is 21.3. The summed E-state index contributed by atoms with van der Waals surface area (Å²) in [4.78, 5) is 52.9. The maximum atomic E-state index is 12.8. The van der Waals surface area contributed by atoms with Crippen LogP contribution in [0.2, 0.25) is 0 Å². The van der Waals surface area contributed by atoms with Gasteiger partial charge in [-0.3, -0.25) is 33.9 Å². The number of aliphatic carboxylic acids is 2. The molecule has 3 aromatic rings. The first-order chi connectivity index (χ1) is 23.0. The minimum Gasteiger partial charge on any atom is -0.480 e. The normalized spacial score (nSPS) is 12.1. The molecule has 12 heteroatoms. The van der Waals surface area contributed by atoms with Crippen LogP contribution in [0.15, 0.2) is 66.7 Å². The third kappa shape index (κ3) is 14.3. The lowest BCUT2D eigenvalue weighted by molar-refractivity contribution is -0.139. The molecule has 260 valence electrons. The smallest absolute Gasteiger partial charge is 0.317 e. The van der Waals surface area contributed by atoms with Crippen molar-refractivity contribution in [3.63, 3.8) is 0 Å². The Labute approximate surface area is 282 Å². The summed E-state index contributed by atoms with van der Waals surface area (Å²) in [7, 11) is 1.70. The van der Waals surface area contributed by atoms with Gasteiger partial charge in [-0.15, -0.1) is 0 Å². The molecule has 0 aliphatic rings. The van der Waals surface area contributed by atoms with Crippen molar-refractivity contribution >= 4 is 34.4 Å². The lowest BCUT2D eigenvalue weighted by Crippen LogP contribution is -2.45. The third-order valence-electron chi connectivity index (χ3n) is 8.08. The van der Waals surface area contributed by atoms with Crippen LogP contribution in [0.4, 0.5) is 0 Å². The van der Waals surface area contributed by atoms with Gasteiger partial charge >= 0.3 is 11.9 Å². The molecule has 0 aromatic heterocycles. The first-order valence-corrected chi connectivity index (χ1v) is 16.3. The molecule has 0 aliphatic carbocycles. The zero-order chi connectivity index (χ0) is 34.9. The van der Waals surface area contributed by atoms with Crippen LogP contribution >= 0.6 is 0 Å². The van der Waals surface area contributed by atoms with Gasteiger partial charge in [0.1, 0.15) is 6.61 Å². The Bertz CT molecular complexity index is 1480. The number of ether oxygens (including phenoxy) is 1. The predicted octanol–water partition coefficient (Wildman–Crippen LogP) is 1.88. The molecule has 0 heterocycles. The highest BCUT2D eigenvalue weighted by Gasteiger charge is 2.16. The highest BCUT2D eigenvalue weighted by Crippen LogP contribution is 2.16. The zero-order valence-corrected chi connectivity index (χ0v) is 28.0. The highest BCUT2D eigenvalue weighted by atomic mass is 16.5. The van der Waals surface area contributed by atoms with E-state index in [-0.39, 0.29) is 37.9 Å². The van der Waals surface area contributed by atoms with Gasteiger partial charge in [-0.1, -0.05) is 73.7 Å². The average Bonchev–Trinajstić information content (AvgIpc) is 3.06. The molecule has 0 saturated heterocycles. The number of carboxylic acid groups (broad SMARTS) is 2. The molecule has 1 amide bonds. The first kappa shape index (κ1) is 38.2. The number of Topliss-reactive ketones (excluding diaryl/α,β-unsaturated/α-hetero) is 1. The van der Waals surface area contributed by atoms with Crippen molar-refractivity contribution in [2.24, 2.45) is 5.73 Å². The van der Waals surface area contributed by atoms with Crippen molar-refractivity contribution in [1.29, 1.82) is 0 Å². The Morgan fingerprint density at radius 3 is 2.10 bits per heavy atom.